The molecule has 160 valence electrons. The van der Waals surface area contributed by atoms with Crippen molar-refractivity contribution in [3.05, 3.63) is 70.3 Å². The predicted molar refractivity (Wildman–Crippen MR) is 118 cm³/mol. The Kier molecular flexibility index (Phi) is 7.27. The van der Waals surface area contributed by atoms with Crippen LogP contribution in [0.4, 0.5) is 0 Å². The largest absolute Gasteiger partial charge is 0.468 e. The lowest BCUT2D eigenvalue weighted by atomic mass is 10.0. The fraction of sp³-hybridized carbons (Fsp3) is 0.440. The lowest BCUT2D eigenvalue weighted by Gasteiger charge is -2.23. The number of rotatable bonds is 7. The second-order valence-corrected chi connectivity index (χ2v) is 8.38. The standard InChI is InChI=1S/C25H32N2O3/c1-17-5-8-20(9-6-17)10-12-24(28)26-22-14-23(25(29)30-4)27(16-22)15-21-11-7-18(2)13-19(21)3/h5-9,11,13,22-23H,10,12,14-16H2,1-4H3,(H,26,28)/t22-,23+/m1/s1. The monoisotopic (exact) mass is 408 g/mol. The number of amides is 1. The van der Waals surface area contributed by atoms with Gasteiger partial charge in [-0.3, -0.25) is 14.5 Å². The molecule has 2 atom stereocenters. The van der Waals surface area contributed by atoms with Crippen molar-refractivity contribution in [3.63, 3.8) is 0 Å². The van der Waals surface area contributed by atoms with E-state index >= 15 is 0 Å². The van der Waals surface area contributed by atoms with Crippen LogP contribution in [0.15, 0.2) is 42.5 Å². The molecule has 0 aliphatic carbocycles. The molecule has 0 saturated carbocycles. The number of nitrogens with zero attached hydrogens (tertiary/aromatic N) is 1. The average molecular weight is 409 g/mol. The van der Waals surface area contributed by atoms with Gasteiger partial charge in [-0.2, -0.15) is 0 Å². The zero-order chi connectivity index (χ0) is 21.7. The predicted octanol–water partition coefficient (Wildman–Crippen LogP) is 3.48. The van der Waals surface area contributed by atoms with E-state index in [1.54, 1.807) is 0 Å². The summed E-state index contributed by atoms with van der Waals surface area (Å²) in [6.07, 6.45) is 1.74. The Labute approximate surface area is 179 Å². The van der Waals surface area contributed by atoms with Crippen LogP contribution >= 0.6 is 0 Å². The smallest absolute Gasteiger partial charge is 0.323 e. The minimum absolute atomic E-state index is 0.0255. The molecule has 1 amide bonds. The summed E-state index contributed by atoms with van der Waals surface area (Å²) in [5.74, 6) is -0.214. The third kappa shape index (κ3) is 5.70. The van der Waals surface area contributed by atoms with Crippen LogP contribution in [0.25, 0.3) is 0 Å². The van der Waals surface area contributed by atoms with Gasteiger partial charge >= 0.3 is 5.97 Å². The van der Waals surface area contributed by atoms with Crippen molar-refractivity contribution >= 4 is 11.9 Å². The van der Waals surface area contributed by atoms with Crippen molar-refractivity contribution in [2.24, 2.45) is 0 Å². The Morgan fingerprint density at radius 2 is 1.77 bits per heavy atom. The molecule has 1 N–H and O–H groups in total. The molecule has 1 aliphatic heterocycles. The highest BCUT2D eigenvalue weighted by molar-refractivity contribution is 5.78. The fourth-order valence-corrected chi connectivity index (χ4v) is 4.12. The van der Waals surface area contributed by atoms with Gasteiger partial charge in [-0.1, -0.05) is 53.6 Å². The Morgan fingerprint density at radius 3 is 2.43 bits per heavy atom. The lowest BCUT2D eigenvalue weighted by Crippen LogP contribution is -2.38. The van der Waals surface area contributed by atoms with Crippen LogP contribution in [0.1, 0.15) is 40.7 Å². The van der Waals surface area contributed by atoms with E-state index in [2.05, 4.69) is 73.5 Å². The Bertz CT molecular complexity index is 892. The van der Waals surface area contributed by atoms with Gasteiger partial charge in [0.2, 0.25) is 5.91 Å². The number of benzene rings is 2. The van der Waals surface area contributed by atoms with Crippen molar-refractivity contribution in [2.45, 2.75) is 58.7 Å². The van der Waals surface area contributed by atoms with E-state index in [0.29, 0.717) is 32.4 Å². The molecule has 0 aromatic heterocycles. The number of carbonyl (C=O) groups excluding carboxylic acids is 2. The van der Waals surface area contributed by atoms with Gasteiger partial charge in [0.1, 0.15) is 6.04 Å². The summed E-state index contributed by atoms with van der Waals surface area (Å²) in [4.78, 5) is 27.0. The van der Waals surface area contributed by atoms with Crippen molar-refractivity contribution in [1.29, 1.82) is 0 Å². The molecule has 2 aromatic rings. The molecule has 3 rings (SSSR count). The third-order valence-corrected chi connectivity index (χ3v) is 5.87. The fourth-order valence-electron chi connectivity index (χ4n) is 4.12. The molecule has 0 radical (unpaired) electrons. The molecule has 0 unspecified atom stereocenters. The maximum absolute atomic E-state index is 12.5. The van der Waals surface area contributed by atoms with E-state index in [9.17, 15) is 9.59 Å². The molecule has 1 saturated heterocycles. The lowest BCUT2D eigenvalue weighted by molar-refractivity contribution is -0.146. The Balaban J connectivity index is 1.59. The van der Waals surface area contributed by atoms with Gasteiger partial charge in [0.15, 0.2) is 0 Å². The molecule has 1 heterocycles. The minimum atomic E-state index is -0.335. The number of hydrogen-bond acceptors (Lipinski definition) is 4. The molecule has 1 aliphatic rings. The Hall–Kier alpha value is -2.66. The first-order valence-electron chi connectivity index (χ1n) is 10.6. The van der Waals surface area contributed by atoms with Crippen molar-refractivity contribution in [1.82, 2.24) is 10.2 Å². The quantitative estimate of drug-likeness (QED) is 0.713. The first-order chi connectivity index (χ1) is 14.4. The summed E-state index contributed by atoms with van der Waals surface area (Å²) in [5, 5.41) is 3.12. The van der Waals surface area contributed by atoms with Crippen LogP contribution in [-0.4, -0.2) is 42.5 Å². The summed E-state index contributed by atoms with van der Waals surface area (Å²) in [7, 11) is 1.42. The second-order valence-electron chi connectivity index (χ2n) is 8.38. The number of carbonyl (C=O) groups is 2. The van der Waals surface area contributed by atoms with E-state index in [4.69, 9.17) is 4.74 Å². The highest BCUT2D eigenvalue weighted by atomic mass is 16.5. The maximum atomic E-state index is 12.5. The van der Waals surface area contributed by atoms with Gasteiger partial charge in [0.25, 0.3) is 0 Å². The number of esters is 1. The van der Waals surface area contributed by atoms with Gasteiger partial charge in [-0.15, -0.1) is 0 Å². The van der Waals surface area contributed by atoms with Crippen LogP contribution in [0.2, 0.25) is 0 Å². The summed E-state index contributed by atoms with van der Waals surface area (Å²) in [5.41, 5.74) is 6.00. The first-order valence-corrected chi connectivity index (χ1v) is 10.6. The van der Waals surface area contributed by atoms with Crippen molar-refractivity contribution in [3.8, 4) is 0 Å². The number of hydrogen-bond donors (Lipinski definition) is 1. The van der Waals surface area contributed by atoms with Gasteiger partial charge < -0.3 is 10.1 Å². The molecular weight excluding hydrogens is 376 g/mol. The highest BCUT2D eigenvalue weighted by Gasteiger charge is 2.38. The van der Waals surface area contributed by atoms with E-state index in [1.165, 1.54) is 29.4 Å². The molecule has 1 fully saturated rings. The highest BCUT2D eigenvalue weighted by Crippen LogP contribution is 2.23. The van der Waals surface area contributed by atoms with Gasteiger partial charge in [0.05, 0.1) is 7.11 Å². The molecule has 0 bridgehead atoms. The van der Waals surface area contributed by atoms with Crippen molar-refractivity contribution in [2.75, 3.05) is 13.7 Å². The van der Waals surface area contributed by atoms with Gasteiger partial charge in [-0.05, 0) is 50.3 Å². The Morgan fingerprint density at radius 1 is 1.07 bits per heavy atom. The van der Waals surface area contributed by atoms with Crippen LogP contribution < -0.4 is 5.32 Å². The molecule has 5 nitrogen and oxygen atoms in total. The summed E-state index contributed by atoms with van der Waals surface area (Å²) >= 11 is 0. The number of aryl methyl sites for hydroxylation is 4. The van der Waals surface area contributed by atoms with Crippen LogP contribution in [0.5, 0.6) is 0 Å². The topological polar surface area (TPSA) is 58.6 Å². The average Bonchev–Trinajstić information content (AvgIpc) is 3.11. The number of methoxy groups -OCH3 is 1. The summed E-state index contributed by atoms with van der Waals surface area (Å²) in [6.45, 7) is 7.53. The van der Waals surface area contributed by atoms with E-state index < -0.39 is 0 Å². The zero-order valence-corrected chi connectivity index (χ0v) is 18.4. The van der Waals surface area contributed by atoms with Gasteiger partial charge in [0, 0.05) is 25.6 Å². The zero-order valence-electron chi connectivity index (χ0n) is 18.4. The summed E-state index contributed by atoms with van der Waals surface area (Å²) in [6, 6.07) is 14.2. The molecule has 5 heteroatoms. The molecule has 0 spiro atoms. The third-order valence-electron chi connectivity index (χ3n) is 5.87. The van der Waals surface area contributed by atoms with Gasteiger partial charge in [-0.25, -0.2) is 0 Å². The normalized spacial score (nSPS) is 18.9. The molecule has 2 aromatic carbocycles. The SMILES string of the molecule is COC(=O)[C@@H]1C[C@@H](NC(=O)CCc2ccc(C)cc2)CN1Cc1ccc(C)cc1C. The second kappa shape index (κ2) is 9.90. The molecule has 30 heavy (non-hydrogen) atoms. The van der Waals surface area contributed by atoms with Crippen molar-refractivity contribution < 1.29 is 14.3 Å². The molecular formula is C25H32N2O3. The number of nitrogens with one attached hydrogen (secondary N) is 1. The van der Waals surface area contributed by atoms with E-state index in [-0.39, 0.29) is 24.0 Å². The first kappa shape index (κ1) is 22.0. The summed E-state index contributed by atoms with van der Waals surface area (Å²) < 4.78 is 5.03. The number of ether oxygens (including phenoxy) is 1. The van der Waals surface area contributed by atoms with Crippen LogP contribution in [0, 0.1) is 20.8 Å². The van der Waals surface area contributed by atoms with Crippen LogP contribution in [-0.2, 0) is 27.3 Å². The van der Waals surface area contributed by atoms with E-state index in [1.807, 2.05) is 0 Å². The number of likely N-dealkylation sites (tertiary alicyclic amines) is 1. The maximum Gasteiger partial charge on any atom is 0.323 e. The van der Waals surface area contributed by atoms with Crippen LogP contribution in [0.3, 0.4) is 0 Å². The van der Waals surface area contributed by atoms with E-state index in [0.717, 1.165) is 5.56 Å². The minimum Gasteiger partial charge on any atom is -0.468 e.